The van der Waals surface area contributed by atoms with E-state index >= 15 is 0 Å². The van der Waals surface area contributed by atoms with Gasteiger partial charge in [-0.1, -0.05) is 29.3 Å². The van der Waals surface area contributed by atoms with Crippen LogP contribution in [0.3, 0.4) is 0 Å². The largest absolute Gasteiger partial charge is 0.395 e. The normalized spacial score (nSPS) is 10.6. The molecule has 0 radical (unpaired) electrons. The van der Waals surface area contributed by atoms with Crippen LogP contribution in [0.15, 0.2) is 18.2 Å². The molecule has 0 heterocycles. The highest BCUT2D eigenvalue weighted by Gasteiger charge is 2.11. The van der Waals surface area contributed by atoms with E-state index in [4.69, 9.17) is 28.3 Å². The highest BCUT2D eigenvalue weighted by molar-refractivity contribution is 6.39. The summed E-state index contributed by atoms with van der Waals surface area (Å²) < 4.78 is 0. The summed E-state index contributed by atoms with van der Waals surface area (Å²) >= 11 is 11.8. The van der Waals surface area contributed by atoms with Crippen molar-refractivity contribution in [2.75, 3.05) is 32.1 Å². The third-order valence-corrected chi connectivity index (χ3v) is 2.75. The number of hydrogen-bond acceptors (Lipinski definition) is 3. The summed E-state index contributed by atoms with van der Waals surface area (Å²) in [7, 11) is 1.74. The molecule has 0 aliphatic heterocycles. The van der Waals surface area contributed by atoms with Crippen LogP contribution < -0.4 is 5.32 Å². The number of aliphatic hydroxyl groups excluding tert-OH is 1. The summed E-state index contributed by atoms with van der Waals surface area (Å²) in [5.74, 6) is -0.226. The number of para-hydroxylation sites is 1. The maximum Gasteiger partial charge on any atom is 0.238 e. The number of likely N-dealkylation sites (N-methyl/N-ethyl adjacent to an activating group) is 1. The first-order valence-electron chi connectivity index (χ1n) is 5.08. The van der Waals surface area contributed by atoms with E-state index in [1.165, 1.54) is 0 Å². The van der Waals surface area contributed by atoms with Crippen LogP contribution in [0.1, 0.15) is 0 Å². The van der Waals surface area contributed by atoms with E-state index in [2.05, 4.69) is 5.32 Å². The minimum absolute atomic E-state index is 0.0105. The second kappa shape index (κ2) is 6.81. The minimum atomic E-state index is -0.226. The molecule has 0 fully saturated rings. The Labute approximate surface area is 110 Å². The maximum atomic E-state index is 11.7. The number of nitrogens with one attached hydrogen (secondary N) is 1. The Balaban J connectivity index is 2.62. The summed E-state index contributed by atoms with van der Waals surface area (Å²) in [6, 6.07) is 5.01. The SMILES string of the molecule is CN(CCO)CC(=O)Nc1c(Cl)cccc1Cl. The Hall–Kier alpha value is -0.810. The molecule has 94 valence electrons. The lowest BCUT2D eigenvalue weighted by Crippen LogP contribution is -2.32. The van der Waals surface area contributed by atoms with Crippen LogP contribution >= 0.6 is 23.2 Å². The third-order valence-electron chi connectivity index (χ3n) is 2.12. The summed E-state index contributed by atoms with van der Waals surface area (Å²) in [5, 5.41) is 12.2. The molecule has 6 heteroatoms. The monoisotopic (exact) mass is 276 g/mol. The molecule has 17 heavy (non-hydrogen) atoms. The first kappa shape index (κ1) is 14.3. The van der Waals surface area contributed by atoms with Gasteiger partial charge in [0.1, 0.15) is 0 Å². The number of carbonyl (C=O) groups excluding carboxylic acids is 1. The fourth-order valence-corrected chi connectivity index (χ4v) is 1.78. The Morgan fingerprint density at radius 2 is 2.00 bits per heavy atom. The molecular formula is C11H14Cl2N2O2. The second-order valence-corrected chi connectivity index (χ2v) is 4.42. The molecular weight excluding hydrogens is 263 g/mol. The minimum Gasteiger partial charge on any atom is -0.395 e. The average molecular weight is 277 g/mol. The van der Waals surface area contributed by atoms with E-state index in [0.717, 1.165) is 0 Å². The van der Waals surface area contributed by atoms with Gasteiger partial charge < -0.3 is 10.4 Å². The standard InChI is InChI=1S/C11H14Cl2N2O2/c1-15(5-6-16)7-10(17)14-11-8(12)3-2-4-9(11)13/h2-4,16H,5-7H2,1H3,(H,14,17). The summed E-state index contributed by atoms with van der Waals surface area (Å²) in [4.78, 5) is 13.3. The van der Waals surface area contributed by atoms with Gasteiger partial charge in [-0.05, 0) is 19.2 Å². The van der Waals surface area contributed by atoms with E-state index < -0.39 is 0 Å². The van der Waals surface area contributed by atoms with Crippen LogP contribution in [0.4, 0.5) is 5.69 Å². The van der Waals surface area contributed by atoms with E-state index in [0.29, 0.717) is 22.3 Å². The molecule has 0 aliphatic rings. The van der Waals surface area contributed by atoms with Crippen LogP contribution in [-0.4, -0.2) is 42.7 Å². The molecule has 4 nitrogen and oxygen atoms in total. The molecule has 0 saturated carbocycles. The lowest BCUT2D eigenvalue weighted by Gasteiger charge is -2.15. The molecule has 0 bridgehead atoms. The van der Waals surface area contributed by atoms with Crippen LogP contribution in [0.5, 0.6) is 0 Å². The highest BCUT2D eigenvalue weighted by Crippen LogP contribution is 2.29. The first-order valence-corrected chi connectivity index (χ1v) is 5.83. The van der Waals surface area contributed by atoms with Gasteiger partial charge in [0.2, 0.25) is 5.91 Å². The molecule has 0 aromatic heterocycles. The molecule has 2 N–H and O–H groups in total. The van der Waals surface area contributed by atoms with E-state index in [1.54, 1.807) is 30.1 Å². The molecule has 0 spiro atoms. The van der Waals surface area contributed by atoms with Gasteiger partial charge >= 0.3 is 0 Å². The molecule has 0 saturated heterocycles. The van der Waals surface area contributed by atoms with E-state index in [9.17, 15) is 4.79 Å². The highest BCUT2D eigenvalue weighted by atomic mass is 35.5. The van der Waals surface area contributed by atoms with E-state index in [-0.39, 0.29) is 19.1 Å². The number of anilines is 1. The lowest BCUT2D eigenvalue weighted by atomic mass is 10.3. The summed E-state index contributed by atoms with van der Waals surface area (Å²) in [6.45, 7) is 0.614. The van der Waals surface area contributed by atoms with Crippen molar-refractivity contribution in [3.63, 3.8) is 0 Å². The Bertz CT molecular complexity index is 379. The Morgan fingerprint density at radius 1 is 1.41 bits per heavy atom. The van der Waals surface area contributed by atoms with Gasteiger partial charge in [0.25, 0.3) is 0 Å². The van der Waals surface area contributed by atoms with Crippen molar-refractivity contribution in [1.29, 1.82) is 0 Å². The maximum absolute atomic E-state index is 11.7. The predicted molar refractivity (Wildman–Crippen MR) is 69.7 cm³/mol. The van der Waals surface area contributed by atoms with Crippen LogP contribution in [-0.2, 0) is 4.79 Å². The quantitative estimate of drug-likeness (QED) is 0.863. The molecule has 0 atom stereocenters. The van der Waals surface area contributed by atoms with Crippen molar-refractivity contribution in [2.45, 2.75) is 0 Å². The number of nitrogens with zero attached hydrogens (tertiary/aromatic N) is 1. The molecule has 1 amide bonds. The molecule has 1 aromatic carbocycles. The van der Waals surface area contributed by atoms with Gasteiger partial charge in [-0.25, -0.2) is 0 Å². The zero-order chi connectivity index (χ0) is 12.8. The van der Waals surface area contributed by atoms with Gasteiger partial charge in [0.15, 0.2) is 0 Å². The van der Waals surface area contributed by atoms with Gasteiger partial charge in [-0.3, -0.25) is 9.69 Å². The smallest absolute Gasteiger partial charge is 0.238 e. The fourth-order valence-electron chi connectivity index (χ4n) is 1.29. The van der Waals surface area contributed by atoms with E-state index in [1.807, 2.05) is 0 Å². The van der Waals surface area contributed by atoms with Gasteiger partial charge in [0.05, 0.1) is 28.9 Å². The molecule has 1 rings (SSSR count). The number of hydrogen-bond donors (Lipinski definition) is 2. The van der Waals surface area contributed by atoms with Crippen LogP contribution in [0.25, 0.3) is 0 Å². The predicted octanol–water partition coefficient (Wildman–Crippen LogP) is 1.86. The molecule has 1 aromatic rings. The molecule has 0 aliphatic carbocycles. The molecule has 0 unspecified atom stereocenters. The zero-order valence-corrected chi connectivity index (χ0v) is 10.9. The van der Waals surface area contributed by atoms with Crippen molar-refractivity contribution in [1.82, 2.24) is 4.90 Å². The zero-order valence-electron chi connectivity index (χ0n) is 9.41. The number of halogens is 2. The second-order valence-electron chi connectivity index (χ2n) is 3.61. The Morgan fingerprint density at radius 3 is 2.53 bits per heavy atom. The number of rotatable bonds is 5. The third kappa shape index (κ3) is 4.52. The number of aliphatic hydroxyl groups is 1. The fraction of sp³-hybridized carbons (Fsp3) is 0.364. The van der Waals surface area contributed by atoms with Crippen molar-refractivity contribution < 1.29 is 9.90 Å². The Kier molecular flexibility index (Phi) is 5.71. The van der Waals surface area contributed by atoms with Crippen LogP contribution in [0.2, 0.25) is 10.0 Å². The van der Waals surface area contributed by atoms with Crippen molar-refractivity contribution in [3.8, 4) is 0 Å². The number of benzene rings is 1. The van der Waals surface area contributed by atoms with Gasteiger partial charge in [-0.15, -0.1) is 0 Å². The lowest BCUT2D eigenvalue weighted by molar-refractivity contribution is -0.117. The van der Waals surface area contributed by atoms with Crippen molar-refractivity contribution in [3.05, 3.63) is 28.2 Å². The summed E-state index contributed by atoms with van der Waals surface area (Å²) in [5.41, 5.74) is 0.415. The van der Waals surface area contributed by atoms with Crippen molar-refractivity contribution >= 4 is 34.8 Å². The number of amides is 1. The van der Waals surface area contributed by atoms with Gasteiger partial charge in [-0.2, -0.15) is 0 Å². The van der Waals surface area contributed by atoms with Gasteiger partial charge in [0, 0.05) is 6.54 Å². The first-order chi connectivity index (χ1) is 8.04. The average Bonchev–Trinajstić information content (AvgIpc) is 2.24. The topological polar surface area (TPSA) is 52.6 Å². The summed E-state index contributed by atoms with van der Waals surface area (Å²) in [6.07, 6.45) is 0. The van der Waals surface area contributed by atoms with Crippen molar-refractivity contribution in [2.24, 2.45) is 0 Å². The van der Waals surface area contributed by atoms with Crippen LogP contribution in [0, 0.1) is 0 Å². The number of carbonyl (C=O) groups is 1.